The van der Waals surface area contributed by atoms with Crippen LogP contribution in [0.5, 0.6) is 0 Å². The van der Waals surface area contributed by atoms with E-state index in [1.54, 1.807) is 0 Å². The summed E-state index contributed by atoms with van der Waals surface area (Å²) in [5.74, 6) is 0. The van der Waals surface area contributed by atoms with Crippen LogP contribution in [-0.2, 0) is 19.6 Å². The molecule has 2 aromatic rings. The molecule has 0 N–H and O–H groups in total. The van der Waals surface area contributed by atoms with Crippen LogP contribution < -0.4 is 0 Å². The number of benzene rings is 2. The largest absolute Gasteiger partial charge is 0.299 e. The summed E-state index contributed by atoms with van der Waals surface area (Å²) in [7, 11) is 2.20. The predicted octanol–water partition coefficient (Wildman–Crippen LogP) is 4.22. The number of hydrogen-bond donors (Lipinski definition) is 0. The van der Waals surface area contributed by atoms with Crippen molar-refractivity contribution >= 4 is 0 Å². The molecular weight excluding hydrogens is 280 g/mol. The molecule has 0 amide bonds. The molecule has 0 bridgehead atoms. The van der Waals surface area contributed by atoms with Gasteiger partial charge >= 0.3 is 0 Å². The number of hydrogen-bond acceptors (Lipinski definition) is 2. The molecule has 0 spiro atoms. The summed E-state index contributed by atoms with van der Waals surface area (Å²) in [6, 6.07) is 18.0. The SMILES string of the molecule is Cc1ccc(CN(C)Cc2cccc(CN3CCCC3)c2)cc1. The topological polar surface area (TPSA) is 6.48 Å². The van der Waals surface area contributed by atoms with Gasteiger partial charge in [-0.1, -0.05) is 54.1 Å². The zero-order chi connectivity index (χ0) is 16.1. The quantitative estimate of drug-likeness (QED) is 0.788. The molecule has 0 unspecified atom stereocenters. The third kappa shape index (κ3) is 4.92. The van der Waals surface area contributed by atoms with Crippen LogP contribution in [0.25, 0.3) is 0 Å². The van der Waals surface area contributed by atoms with Gasteiger partial charge in [-0.2, -0.15) is 0 Å². The molecule has 2 heteroatoms. The highest BCUT2D eigenvalue weighted by Gasteiger charge is 2.12. The minimum atomic E-state index is 0.997. The van der Waals surface area contributed by atoms with Gasteiger partial charge in [0.25, 0.3) is 0 Å². The molecule has 0 radical (unpaired) electrons. The van der Waals surface area contributed by atoms with Crippen molar-refractivity contribution in [1.29, 1.82) is 0 Å². The van der Waals surface area contributed by atoms with Crippen LogP contribution in [0.1, 0.15) is 35.1 Å². The maximum absolute atomic E-state index is 2.56. The Balaban J connectivity index is 1.57. The smallest absolute Gasteiger partial charge is 0.0234 e. The van der Waals surface area contributed by atoms with Crippen LogP contribution in [0.2, 0.25) is 0 Å². The molecule has 1 heterocycles. The Kier molecular flexibility index (Phi) is 5.47. The Morgan fingerprint density at radius 3 is 2.26 bits per heavy atom. The van der Waals surface area contributed by atoms with Gasteiger partial charge in [-0.3, -0.25) is 9.80 Å². The number of likely N-dealkylation sites (tertiary alicyclic amines) is 1. The highest BCUT2D eigenvalue weighted by molar-refractivity contribution is 5.24. The van der Waals surface area contributed by atoms with Crippen LogP contribution in [0.4, 0.5) is 0 Å². The number of nitrogens with zero attached hydrogens (tertiary/aromatic N) is 2. The van der Waals surface area contributed by atoms with Crippen molar-refractivity contribution in [1.82, 2.24) is 9.80 Å². The van der Waals surface area contributed by atoms with Crippen molar-refractivity contribution in [2.75, 3.05) is 20.1 Å². The lowest BCUT2D eigenvalue weighted by atomic mass is 10.1. The second-order valence-corrected chi connectivity index (χ2v) is 6.96. The average molecular weight is 308 g/mol. The lowest BCUT2D eigenvalue weighted by Crippen LogP contribution is -2.19. The maximum Gasteiger partial charge on any atom is 0.0234 e. The average Bonchev–Trinajstić information content (AvgIpc) is 3.03. The lowest BCUT2D eigenvalue weighted by molar-refractivity contribution is 0.317. The molecule has 3 rings (SSSR count). The van der Waals surface area contributed by atoms with Gasteiger partial charge in [-0.25, -0.2) is 0 Å². The van der Waals surface area contributed by atoms with E-state index in [2.05, 4.69) is 72.3 Å². The van der Waals surface area contributed by atoms with Crippen molar-refractivity contribution in [2.45, 2.75) is 39.4 Å². The first-order valence-corrected chi connectivity index (χ1v) is 8.73. The van der Waals surface area contributed by atoms with Gasteiger partial charge in [0.2, 0.25) is 0 Å². The van der Waals surface area contributed by atoms with Crippen LogP contribution in [0, 0.1) is 6.92 Å². The molecule has 1 fully saturated rings. The van der Waals surface area contributed by atoms with E-state index in [4.69, 9.17) is 0 Å². The summed E-state index contributed by atoms with van der Waals surface area (Å²) in [5, 5.41) is 0. The molecule has 0 atom stereocenters. The normalized spacial score (nSPS) is 15.4. The third-order valence-corrected chi connectivity index (χ3v) is 4.62. The molecule has 0 saturated carbocycles. The van der Waals surface area contributed by atoms with Gasteiger partial charge in [0.05, 0.1) is 0 Å². The zero-order valence-electron chi connectivity index (χ0n) is 14.5. The molecule has 122 valence electrons. The summed E-state index contributed by atoms with van der Waals surface area (Å²) in [4.78, 5) is 4.95. The third-order valence-electron chi connectivity index (χ3n) is 4.62. The van der Waals surface area contributed by atoms with Crippen molar-refractivity contribution in [2.24, 2.45) is 0 Å². The van der Waals surface area contributed by atoms with Gasteiger partial charge < -0.3 is 0 Å². The highest BCUT2D eigenvalue weighted by atomic mass is 15.1. The van der Waals surface area contributed by atoms with Crippen LogP contribution in [-0.4, -0.2) is 29.9 Å². The molecule has 1 aliphatic rings. The fourth-order valence-corrected chi connectivity index (χ4v) is 3.40. The number of rotatable bonds is 6. The standard InChI is InChI=1S/C21H28N2/c1-18-8-10-19(11-9-18)15-22(2)16-20-6-5-7-21(14-20)17-23-12-3-4-13-23/h5-11,14H,3-4,12-13,15-17H2,1-2H3. The Bertz CT molecular complexity index is 612. The molecular formula is C21H28N2. The molecule has 0 aromatic heterocycles. The van der Waals surface area contributed by atoms with Crippen LogP contribution in [0.15, 0.2) is 48.5 Å². The second-order valence-electron chi connectivity index (χ2n) is 6.96. The lowest BCUT2D eigenvalue weighted by Gasteiger charge is -2.19. The summed E-state index contributed by atoms with van der Waals surface area (Å²) >= 11 is 0. The van der Waals surface area contributed by atoms with Gasteiger partial charge in [0.1, 0.15) is 0 Å². The Hall–Kier alpha value is -1.64. The van der Waals surface area contributed by atoms with E-state index < -0.39 is 0 Å². The van der Waals surface area contributed by atoms with E-state index in [-0.39, 0.29) is 0 Å². The molecule has 1 saturated heterocycles. The summed E-state index contributed by atoms with van der Waals surface area (Å²) in [6.07, 6.45) is 2.72. The zero-order valence-corrected chi connectivity index (χ0v) is 14.5. The minimum absolute atomic E-state index is 0.997. The predicted molar refractivity (Wildman–Crippen MR) is 97.3 cm³/mol. The minimum Gasteiger partial charge on any atom is -0.299 e. The maximum atomic E-state index is 2.56. The fourth-order valence-electron chi connectivity index (χ4n) is 3.40. The molecule has 2 nitrogen and oxygen atoms in total. The van der Waals surface area contributed by atoms with Gasteiger partial charge in [0.15, 0.2) is 0 Å². The molecule has 2 aromatic carbocycles. The monoisotopic (exact) mass is 308 g/mol. The van der Waals surface area contributed by atoms with E-state index in [9.17, 15) is 0 Å². The van der Waals surface area contributed by atoms with Gasteiger partial charge in [-0.15, -0.1) is 0 Å². The summed E-state index contributed by atoms with van der Waals surface area (Å²) < 4.78 is 0. The fraction of sp³-hybridized carbons (Fsp3) is 0.429. The van der Waals surface area contributed by atoms with Gasteiger partial charge in [-0.05, 0) is 56.6 Å². The van der Waals surface area contributed by atoms with Crippen molar-refractivity contribution in [3.05, 3.63) is 70.8 Å². The van der Waals surface area contributed by atoms with Gasteiger partial charge in [0, 0.05) is 19.6 Å². The molecule has 1 aliphatic heterocycles. The summed E-state index contributed by atoms with van der Waals surface area (Å²) in [6.45, 7) is 7.77. The Morgan fingerprint density at radius 1 is 0.870 bits per heavy atom. The van der Waals surface area contributed by atoms with Crippen LogP contribution in [0.3, 0.4) is 0 Å². The Morgan fingerprint density at radius 2 is 1.52 bits per heavy atom. The first-order chi connectivity index (χ1) is 11.2. The van der Waals surface area contributed by atoms with E-state index in [1.165, 1.54) is 48.2 Å². The van der Waals surface area contributed by atoms with Crippen molar-refractivity contribution in [3.8, 4) is 0 Å². The first kappa shape index (κ1) is 16.2. The van der Waals surface area contributed by atoms with E-state index >= 15 is 0 Å². The second kappa shape index (κ2) is 7.76. The summed E-state index contributed by atoms with van der Waals surface area (Å²) in [5.41, 5.74) is 5.57. The van der Waals surface area contributed by atoms with E-state index in [1.807, 2.05) is 0 Å². The number of aryl methyl sites for hydroxylation is 1. The van der Waals surface area contributed by atoms with Crippen LogP contribution >= 0.6 is 0 Å². The Labute approximate surface area is 140 Å². The van der Waals surface area contributed by atoms with Crippen molar-refractivity contribution in [3.63, 3.8) is 0 Å². The highest BCUT2D eigenvalue weighted by Crippen LogP contribution is 2.15. The first-order valence-electron chi connectivity index (χ1n) is 8.73. The van der Waals surface area contributed by atoms with Crippen molar-refractivity contribution < 1.29 is 0 Å². The molecule has 0 aliphatic carbocycles. The van der Waals surface area contributed by atoms with E-state index in [0.717, 1.165) is 19.6 Å². The molecule has 23 heavy (non-hydrogen) atoms. The van der Waals surface area contributed by atoms with E-state index in [0.29, 0.717) is 0 Å².